The predicted molar refractivity (Wildman–Crippen MR) is 110 cm³/mol. The van der Waals surface area contributed by atoms with E-state index in [-0.39, 0.29) is 6.54 Å². The lowest BCUT2D eigenvalue weighted by Crippen LogP contribution is -2.40. The molecule has 1 fully saturated rings. The highest BCUT2D eigenvalue weighted by Gasteiger charge is 2.46. The number of hydrogen-bond acceptors (Lipinski definition) is 4. The number of alkyl halides is 3. The minimum absolute atomic E-state index is 0.103. The Kier molecular flexibility index (Phi) is 8.59. The summed E-state index contributed by atoms with van der Waals surface area (Å²) in [6.45, 7) is 6.47. The summed E-state index contributed by atoms with van der Waals surface area (Å²) >= 11 is 0. The number of halogens is 3. The summed E-state index contributed by atoms with van der Waals surface area (Å²) in [5.74, 6) is -1.22. The summed E-state index contributed by atoms with van der Waals surface area (Å²) in [6, 6.07) is 6.32. The van der Waals surface area contributed by atoms with Gasteiger partial charge in [0.2, 0.25) is 0 Å². The number of benzene rings is 1. The Labute approximate surface area is 181 Å². The Bertz CT molecular complexity index is 747. The van der Waals surface area contributed by atoms with Crippen molar-refractivity contribution in [3.8, 4) is 5.75 Å². The van der Waals surface area contributed by atoms with Crippen molar-refractivity contribution in [3.63, 3.8) is 0 Å². The molecule has 0 radical (unpaired) electrons. The van der Waals surface area contributed by atoms with Gasteiger partial charge in [0.05, 0.1) is 12.6 Å². The summed E-state index contributed by atoms with van der Waals surface area (Å²) < 4.78 is 49.4. The quantitative estimate of drug-likeness (QED) is 0.574. The molecule has 0 saturated carbocycles. The van der Waals surface area contributed by atoms with Crippen LogP contribution in [0.2, 0.25) is 0 Å². The van der Waals surface area contributed by atoms with E-state index < -0.39 is 29.8 Å². The van der Waals surface area contributed by atoms with Gasteiger partial charge in [0.15, 0.2) is 0 Å². The second kappa shape index (κ2) is 10.7. The van der Waals surface area contributed by atoms with Crippen LogP contribution in [0.15, 0.2) is 24.3 Å². The van der Waals surface area contributed by atoms with Gasteiger partial charge in [0.25, 0.3) is 0 Å². The van der Waals surface area contributed by atoms with E-state index in [1.807, 2.05) is 0 Å². The SMILES string of the molecule is CC(C)(C)OC(=O)NCCCCCOc1cccc(C2CCCN2C(=O)C(F)(F)F)c1. The first kappa shape index (κ1) is 24.8. The van der Waals surface area contributed by atoms with Gasteiger partial charge in [0, 0.05) is 13.1 Å². The van der Waals surface area contributed by atoms with Gasteiger partial charge in [0.1, 0.15) is 11.4 Å². The maximum absolute atomic E-state index is 12.8. The second-order valence-corrected chi connectivity index (χ2v) is 8.56. The van der Waals surface area contributed by atoms with Crippen molar-refractivity contribution >= 4 is 12.0 Å². The van der Waals surface area contributed by atoms with Crippen molar-refractivity contribution in [1.82, 2.24) is 10.2 Å². The molecule has 2 rings (SSSR count). The van der Waals surface area contributed by atoms with Crippen LogP contribution in [0.25, 0.3) is 0 Å². The second-order valence-electron chi connectivity index (χ2n) is 8.56. The Balaban J connectivity index is 1.74. The van der Waals surface area contributed by atoms with E-state index in [4.69, 9.17) is 9.47 Å². The monoisotopic (exact) mass is 444 g/mol. The third-order valence-electron chi connectivity index (χ3n) is 4.76. The third kappa shape index (κ3) is 8.30. The van der Waals surface area contributed by atoms with Gasteiger partial charge in [-0.2, -0.15) is 13.2 Å². The fraction of sp³-hybridized carbons (Fsp3) is 0.636. The molecule has 1 saturated heterocycles. The van der Waals surface area contributed by atoms with Crippen molar-refractivity contribution in [2.45, 2.75) is 70.7 Å². The lowest BCUT2D eigenvalue weighted by Gasteiger charge is -2.26. The summed E-state index contributed by atoms with van der Waals surface area (Å²) in [5, 5.41) is 2.70. The van der Waals surface area contributed by atoms with E-state index in [2.05, 4.69) is 5.32 Å². The molecule has 1 aliphatic rings. The fourth-order valence-corrected chi connectivity index (χ4v) is 3.43. The largest absolute Gasteiger partial charge is 0.494 e. The Morgan fingerprint density at radius 1 is 1.16 bits per heavy atom. The summed E-state index contributed by atoms with van der Waals surface area (Å²) in [5.41, 5.74) is 0.122. The van der Waals surface area contributed by atoms with Gasteiger partial charge in [-0.3, -0.25) is 4.79 Å². The molecule has 1 heterocycles. The van der Waals surface area contributed by atoms with E-state index >= 15 is 0 Å². The lowest BCUT2D eigenvalue weighted by molar-refractivity contribution is -0.186. The molecule has 1 aromatic carbocycles. The minimum Gasteiger partial charge on any atom is -0.494 e. The molecule has 1 aliphatic heterocycles. The van der Waals surface area contributed by atoms with Gasteiger partial charge in [-0.15, -0.1) is 0 Å². The van der Waals surface area contributed by atoms with Crippen LogP contribution in [0.1, 0.15) is 64.5 Å². The van der Waals surface area contributed by atoms with Crippen LogP contribution in [0.5, 0.6) is 5.75 Å². The average Bonchev–Trinajstić information content (AvgIpc) is 3.14. The number of likely N-dealkylation sites (tertiary alicyclic amines) is 1. The van der Waals surface area contributed by atoms with Crippen LogP contribution in [0, 0.1) is 0 Å². The van der Waals surface area contributed by atoms with Crippen LogP contribution in [-0.2, 0) is 9.53 Å². The van der Waals surface area contributed by atoms with Gasteiger partial charge in [-0.05, 0) is 70.6 Å². The highest BCUT2D eigenvalue weighted by atomic mass is 19.4. The highest BCUT2D eigenvalue weighted by Crippen LogP contribution is 2.36. The van der Waals surface area contributed by atoms with Gasteiger partial charge in [-0.25, -0.2) is 4.79 Å². The molecule has 0 bridgehead atoms. The molecule has 1 unspecified atom stereocenters. The molecular weight excluding hydrogens is 413 g/mol. The van der Waals surface area contributed by atoms with Crippen LogP contribution in [-0.4, -0.2) is 48.4 Å². The molecule has 1 N–H and O–H groups in total. The number of carbonyl (C=O) groups is 2. The summed E-state index contributed by atoms with van der Waals surface area (Å²) in [4.78, 5) is 24.1. The lowest BCUT2D eigenvalue weighted by atomic mass is 10.0. The maximum Gasteiger partial charge on any atom is 0.471 e. The number of carbonyl (C=O) groups excluding carboxylic acids is 2. The number of ether oxygens (including phenoxy) is 2. The van der Waals surface area contributed by atoms with Gasteiger partial charge >= 0.3 is 18.2 Å². The maximum atomic E-state index is 12.8. The zero-order valence-electron chi connectivity index (χ0n) is 18.3. The molecule has 2 amide bonds. The third-order valence-corrected chi connectivity index (χ3v) is 4.76. The first-order valence-corrected chi connectivity index (χ1v) is 10.5. The molecule has 1 aromatic rings. The molecule has 174 valence electrons. The zero-order valence-corrected chi connectivity index (χ0v) is 18.3. The number of hydrogen-bond donors (Lipinski definition) is 1. The van der Waals surface area contributed by atoms with E-state index in [1.54, 1.807) is 45.0 Å². The average molecular weight is 444 g/mol. The topological polar surface area (TPSA) is 67.9 Å². The number of amides is 2. The van der Waals surface area contributed by atoms with E-state index in [9.17, 15) is 22.8 Å². The first-order chi connectivity index (χ1) is 14.5. The normalized spacial score (nSPS) is 16.8. The number of rotatable bonds is 8. The fourth-order valence-electron chi connectivity index (χ4n) is 3.43. The molecule has 6 nitrogen and oxygen atoms in total. The highest BCUT2D eigenvalue weighted by molar-refractivity contribution is 5.82. The summed E-state index contributed by atoms with van der Waals surface area (Å²) in [7, 11) is 0. The van der Waals surface area contributed by atoms with Crippen LogP contribution in [0.4, 0.5) is 18.0 Å². The number of nitrogens with one attached hydrogen (secondary N) is 1. The number of nitrogens with zero attached hydrogens (tertiary/aromatic N) is 1. The van der Waals surface area contributed by atoms with Crippen LogP contribution < -0.4 is 10.1 Å². The smallest absolute Gasteiger partial charge is 0.471 e. The molecule has 0 aromatic heterocycles. The van der Waals surface area contributed by atoms with Gasteiger partial charge in [-0.1, -0.05) is 12.1 Å². The molecule has 1 atom stereocenters. The minimum atomic E-state index is -4.87. The van der Waals surface area contributed by atoms with Crippen LogP contribution in [0.3, 0.4) is 0 Å². The Morgan fingerprint density at radius 3 is 2.58 bits per heavy atom. The van der Waals surface area contributed by atoms with Crippen LogP contribution >= 0.6 is 0 Å². The van der Waals surface area contributed by atoms with Crippen molar-refractivity contribution in [3.05, 3.63) is 29.8 Å². The molecule has 9 heteroatoms. The number of alkyl carbamates (subject to hydrolysis) is 1. The molecule has 31 heavy (non-hydrogen) atoms. The number of unbranched alkanes of at least 4 members (excludes halogenated alkanes) is 2. The predicted octanol–water partition coefficient (Wildman–Crippen LogP) is 4.99. The van der Waals surface area contributed by atoms with E-state index in [0.29, 0.717) is 37.3 Å². The Hall–Kier alpha value is -2.45. The summed E-state index contributed by atoms with van der Waals surface area (Å²) in [6.07, 6.45) is -1.89. The molecule has 0 aliphatic carbocycles. The Morgan fingerprint density at radius 2 is 1.90 bits per heavy atom. The van der Waals surface area contributed by atoms with Crippen molar-refractivity contribution < 1.29 is 32.2 Å². The van der Waals surface area contributed by atoms with Gasteiger partial charge < -0.3 is 19.7 Å². The molecular formula is C22H31F3N2O4. The standard InChI is InChI=1S/C22H31F3N2O4/c1-21(2,3)31-20(29)26-12-5-4-6-14-30-17-10-7-9-16(15-17)18-11-8-13-27(18)19(28)22(23,24)25/h7,9-10,15,18H,4-6,8,11-14H2,1-3H3,(H,26,29). The van der Waals surface area contributed by atoms with E-state index in [1.165, 1.54) is 0 Å². The molecule has 0 spiro atoms. The zero-order chi connectivity index (χ0) is 23.1. The first-order valence-electron chi connectivity index (χ1n) is 10.5. The van der Waals surface area contributed by atoms with Crippen molar-refractivity contribution in [2.24, 2.45) is 0 Å². The van der Waals surface area contributed by atoms with E-state index in [0.717, 1.165) is 24.2 Å². The van der Waals surface area contributed by atoms with Crippen molar-refractivity contribution in [1.29, 1.82) is 0 Å². The van der Waals surface area contributed by atoms with Crippen molar-refractivity contribution in [2.75, 3.05) is 19.7 Å².